The van der Waals surface area contributed by atoms with Crippen molar-refractivity contribution in [2.45, 2.75) is 45.8 Å². The third-order valence-corrected chi connectivity index (χ3v) is 6.16. The van der Waals surface area contributed by atoms with Gasteiger partial charge in [0.2, 0.25) is 11.8 Å². The standard InChI is InChI=1S/C21H26ClN3O3S/c1-3-24(4-2)21(27)18-6-5-11-25(18)20(26)12-16-14-29-19(23-16)13-28-17-9-7-15(22)8-10-17/h7-10,14,18H,3-6,11-13H2,1-2H3. The van der Waals surface area contributed by atoms with Gasteiger partial charge in [-0.15, -0.1) is 11.3 Å². The van der Waals surface area contributed by atoms with Crippen LogP contribution in [0.3, 0.4) is 0 Å². The SMILES string of the molecule is CCN(CC)C(=O)C1CCCN1C(=O)Cc1csc(COc2ccc(Cl)cc2)n1. The highest BCUT2D eigenvalue weighted by molar-refractivity contribution is 7.09. The first-order valence-electron chi connectivity index (χ1n) is 9.91. The first-order valence-corrected chi connectivity index (χ1v) is 11.2. The van der Waals surface area contributed by atoms with Crippen LogP contribution in [-0.4, -0.2) is 52.3 Å². The highest BCUT2D eigenvalue weighted by atomic mass is 35.5. The summed E-state index contributed by atoms with van der Waals surface area (Å²) in [5, 5.41) is 3.35. The number of rotatable bonds is 8. The second-order valence-corrected chi connectivity index (χ2v) is 8.29. The van der Waals surface area contributed by atoms with E-state index in [4.69, 9.17) is 16.3 Å². The maximum Gasteiger partial charge on any atom is 0.245 e. The van der Waals surface area contributed by atoms with E-state index in [1.54, 1.807) is 34.1 Å². The Morgan fingerprint density at radius 1 is 1.28 bits per heavy atom. The van der Waals surface area contributed by atoms with Crippen LogP contribution < -0.4 is 4.74 Å². The molecule has 1 atom stereocenters. The smallest absolute Gasteiger partial charge is 0.245 e. The van der Waals surface area contributed by atoms with E-state index in [0.717, 1.165) is 29.3 Å². The molecule has 0 radical (unpaired) electrons. The molecule has 6 nitrogen and oxygen atoms in total. The van der Waals surface area contributed by atoms with E-state index in [9.17, 15) is 9.59 Å². The molecule has 29 heavy (non-hydrogen) atoms. The van der Waals surface area contributed by atoms with Crippen LogP contribution in [0, 0.1) is 0 Å². The van der Waals surface area contributed by atoms with Crippen molar-refractivity contribution in [1.82, 2.24) is 14.8 Å². The highest BCUT2D eigenvalue weighted by Gasteiger charge is 2.35. The number of likely N-dealkylation sites (tertiary alicyclic amines) is 1. The van der Waals surface area contributed by atoms with Crippen molar-refractivity contribution in [3.8, 4) is 5.75 Å². The van der Waals surface area contributed by atoms with Crippen LogP contribution in [0.5, 0.6) is 5.75 Å². The Kier molecular flexibility index (Phi) is 7.50. The topological polar surface area (TPSA) is 62.7 Å². The molecule has 2 amide bonds. The minimum Gasteiger partial charge on any atom is -0.486 e. The molecule has 1 fully saturated rings. The second-order valence-electron chi connectivity index (χ2n) is 6.91. The molecular formula is C21H26ClN3O3S. The molecule has 156 valence electrons. The average Bonchev–Trinajstić information content (AvgIpc) is 3.38. The predicted molar refractivity (Wildman–Crippen MR) is 114 cm³/mol. The van der Waals surface area contributed by atoms with Crippen LogP contribution in [0.4, 0.5) is 0 Å². The van der Waals surface area contributed by atoms with Gasteiger partial charge >= 0.3 is 0 Å². The van der Waals surface area contributed by atoms with Gasteiger partial charge in [-0.25, -0.2) is 4.98 Å². The summed E-state index contributed by atoms with van der Waals surface area (Å²) in [6.45, 7) is 6.23. The molecule has 0 N–H and O–H groups in total. The van der Waals surface area contributed by atoms with E-state index in [-0.39, 0.29) is 24.3 Å². The third kappa shape index (κ3) is 5.48. The number of ether oxygens (including phenoxy) is 1. The van der Waals surface area contributed by atoms with Gasteiger partial charge in [0.25, 0.3) is 0 Å². The van der Waals surface area contributed by atoms with Crippen LogP contribution in [-0.2, 0) is 22.6 Å². The summed E-state index contributed by atoms with van der Waals surface area (Å²) < 4.78 is 5.71. The summed E-state index contributed by atoms with van der Waals surface area (Å²) in [6.07, 6.45) is 1.80. The van der Waals surface area contributed by atoms with Gasteiger partial charge in [0.1, 0.15) is 23.4 Å². The zero-order valence-electron chi connectivity index (χ0n) is 16.8. The molecule has 8 heteroatoms. The van der Waals surface area contributed by atoms with Crippen molar-refractivity contribution in [2.24, 2.45) is 0 Å². The molecule has 1 aromatic carbocycles. The Hall–Kier alpha value is -2.12. The molecular weight excluding hydrogens is 410 g/mol. The maximum atomic E-state index is 12.8. The van der Waals surface area contributed by atoms with Crippen molar-refractivity contribution < 1.29 is 14.3 Å². The van der Waals surface area contributed by atoms with E-state index >= 15 is 0 Å². The number of halogens is 1. The average molecular weight is 436 g/mol. The summed E-state index contributed by atoms with van der Waals surface area (Å²) in [5.74, 6) is 0.733. The van der Waals surface area contributed by atoms with Gasteiger partial charge in [0.05, 0.1) is 12.1 Å². The number of thiazole rings is 1. The van der Waals surface area contributed by atoms with Gasteiger partial charge in [-0.3, -0.25) is 9.59 Å². The molecule has 1 aliphatic heterocycles. The van der Waals surface area contributed by atoms with Gasteiger partial charge in [-0.2, -0.15) is 0 Å². The van der Waals surface area contributed by atoms with Crippen molar-refractivity contribution in [3.63, 3.8) is 0 Å². The minimum atomic E-state index is -0.339. The summed E-state index contributed by atoms with van der Waals surface area (Å²) in [5.41, 5.74) is 0.718. The molecule has 0 spiro atoms. The van der Waals surface area contributed by atoms with Crippen LogP contribution in [0.25, 0.3) is 0 Å². The number of hydrogen-bond donors (Lipinski definition) is 0. The number of likely N-dealkylation sites (N-methyl/N-ethyl adjacent to an activating group) is 1. The Morgan fingerprint density at radius 2 is 2.00 bits per heavy atom. The van der Waals surface area contributed by atoms with Gasteiger partial charge in [-0.05, 0) is 51.0 Å². The fourth-order valence-corrected chi connectivity index (χ4v) is 4.33. The van der Waals surface area contributed by atoms with Gasteiger partial charge in [-0.1, -0.05) is 11.6 Å². The maximum absolute atomic E-state index is 12.8. The van der Waals surface area contributed by atoms with Crippen molar-refractivity contribution >= 4 is 34.8 Å². The Bertz CT molecular complexity index is 836. The zero-order chi connectivity index (χ0) is 20.8. The number of nitrogens with zero attached hydrogens (tertiary/aromatic N) is 3. The number of hydrogen-bond acceptors (Lipinski definition) is 5. The second kappa shape index (κ2) is 10.1. The molecule has 1 saturated heterocycles. The summed E-state index contributed by atoms with van der Waals surface area (Å²) in [4.78, 5) is 33.6. The van der Waals surface area contributed by atoms with Crippen LogP contribution in [0.2, 0.25) is 5.02 Å². The third-order valence-electron chi connectivity index (χ3n) is 5.04. The number of aromatic nitrogens is 1. The first-order chi connectivity index (χ1) is 14.0. The normalized spacial score (nSPS) is 16.1. The van der Waals surface area contributed by atoms with Gasteiger partial charge in [0, 0.05) is 30.0 Å². The lowest BCUT2D eigenvalue weighted by Gasteiger charge is -2.29. The van der Waals surface area contributed by atoms with Crippen molar-refractivity contribution in [3.05, 3.63) is 45.4 Å². The fourth-order valence-electron chi connectivity index (χ4n) is 3.50. The van der Waals surface area contributed by atoms with Crippen LogP contribution >= 0.6 is 22.9 Å². The number of carbonyl (C=O) groups is 2. The zero-order valence-corrected chi connectivity index (χ0v) is 18.3. The van der Waals surface area contributed by atoms with E-state index in [1.165, 1.54) is 11.3 Å². The van der Waals surface area contributed by atoms with E-state index < -0.39 is 0 Å². The minimum absolute atomic E-state index is 0.0384. The lowest BCUT2D eigenvalue weighted by molar-refractivity contribution is -0.143. The summed E-state index contributed by atoms with van der Waals surface area (Å²) in [7, 11) is 0. The molecule has 3 rings (SSSR count). The Morgan fingerprint density at radius 3 is 2.69 bits per heavy atom. The van der Waals surface area contributed by atoms with Gasteiger partial charge in [0.15, 0.2) is 0 Å². The van der Waals surface area contributed by atoms with Crippen LogP contribution in [0.15, 0.2) is 29.6 Å². The molecule has 1 aromatic heterocycles. The monoisotopic (exact) mass is 435 g/mol. The molecule has 0 aliphatic carbocycles. The molecule has 0 saturated carbocycles. The number of carbonyl (C=O) groups excluding carboxylic acids is 2. The van der Waals surface area contributed by atoms with Crippen LogP contribution in [0.1, 0.15) is 37.4 Å². The highest BCUT2D eigenvalue weighted by Crippen LogP contribution is 2.22. The van der Waals surface area contributed by atoms with Crippen molar-refractivity contribution in [1.29, 1.82) is 0 Å². The Balaban J connectivity index is 1.56. The summed E-state index contributed by atoms with van der Waals surface area (Å²) in [6, 6.07) is 6.82. The lowest BCUT2D eigenvalue weighted by atomic mass is 10.1. The molecule has 1 unspecified atom stereocenters. The van der Waals surface area contributed by atoms with E-state index in [1.807, 2.05) is 19.2 Å². The largest absolute Gasteiger partial charge is 0.486 e. The molecule has 2 aromatic rings. The first kappa shape index (κ1) is 21.6. The predicted octanol–water partition coefficient (Wildman–Crippen LogP) is 3.78. The van der Waals surface area contributed by atoms with E-state index in [2.05, 4.69) is 4.98 Å². The number of amides is 2. The molecule has 2 heterocycles. The van der Waals surface area contributed by atoms with Gasteiger partial charge < -0.3 is 14.5 Å². The number of benzene rings is 1. The quantitative estimate of drug-likeness (QED) is 0.633. The lowest BCUT2D eigenvalue weighted by Crippen LogP contribution is -2.48. The van der Waals surface area contributed by atoms with E-state index in [0.29, 0.717) is 31.3 Å². The Labute approximate surface area is 180 Å². The molecule has 0 bridgehead atoms. The fraction of sp³-hybridized carbons (Fsp3) is 0.476. The molecule has 1 aliphatic rings. The summed E-state index contributed by atoms with van der Waals surface area (Å²) >= 11 is 7.34. The van der Waals surface area contributed by atoms with Crippen molar-refractivity contribution in [2.75, 3.05) is 19.6 Å².